The smallest absolute Gasteiger partial charge is 0.253 e. The van der Waals surface area contributed by atoms with Gasteiger partial charge in [0.05, 0.1) is 0 Å². The van der Waals surface area contributed by atoms with Crippen molar-refractivity contribution < 1.29 is 18.4 Å². The molecule has 1 saturated heterocycles. The highest BCUT2D eigenvalue weighted by molar-refractivity contribution is 5.97. The molecule has 2 heterocycles. The molecule has 1 atom stereocenters. The molecular formula is C29H28FN3O3. The molecule has 1 aliphatic rings. The summed E-state index contributed by atoms with van der Waals surface area (Å²) >= 11 is 0. The van der Waals surface area contributed by atoms with Gasteiger partial charge in [0.1, 0.15) is 11.3 Å². The molecule has 6 nitrogen and oxygen atoms in total. The largest absolute Gasteiger partial charge is 0.436 e. The minimum absolute atomic E-state index is 0.0452. The topological polar surface area (TPSA) is 75.4 Å². The first-order valence-corrected chi connectivity index (χ1v) is 12.3. The fraction of sp³-hybridized carbons (Fsp3) is 0.276. The molecule has 3 aromatic carbocycles. The quantitative estimate of drug-likeness (QED) is 0.395. The lowest BCUT2D eigenvalue weighted by Crippen LogP contribution is -2.42. The maximum atomic E-state index is 13.4. The summed E-state index contributed by atoms with van der Waals surface area (Å²) in [5.41, 5.74) is 3.48. The van der Waals surface area contributed by atoms with E-state index in [-0.39, 0.29) is 29.5 Å². The molecule has 1 fully saturated rings. The summed E-state index contributed by atoms with van der Waals surface area (Å²) in [6.45, 7) is 3.41. The molecule has 36 heavy (non-hydrogen) atoms. The number of hydrogen-bond donors (Lipinski definition) is 1. The van der Waals surface area contributed by atoms with Gasteiger partial charge in [0.2, 0.25) is 11.8 Å². The van der Waals surface area contributed by atoms with E-state index in [2.05, 4.69) is 10.3 Å². The molecule has 0 unspecified atom stereocenters. The maximum absolute atomic E-state index is 13.4. The maximum Gasteiger partial charge on any atom is 0.253 e. The summed E-state index contributed by atoms with van der Waals surface area (Å²) in [7, 11) is 0. The number of oxazole rings is 1. The minimum Gasteiger partial charge on any atom is -0.436 e. The third-order valence-electron chi connectivity index (χ3n) is 6.96. The average Bonchev–Trinajstić information content (AvgIpc) is 3.35. The van der Waals surface area contributed by atoms with Gasteiger partial charge < -0.3 is 14.6 Å². The normalized spacial score (nSPS) is 15.1. The Labute approximate surface area is 209 Å². The summed E-state index contributed by atoms with van der Waals surface area (Å²) in [4.78, 5) is 32.2. The van der Waals surface area contributed by atoms with Gasteiger partial charge in [0.15, 0.2) is 5.58 Å². The van der Waals surface area contributed by atoms with Crippen LogP contribution in [0, 0.1) is 17.7 Å². The second-order valence-corrected chi connectivity index (χ2v) is 9.33. The van der Waals surface area contributed by atoms with Crippen molar-refractivity contribution in [2.45, 2.75) is 26.3 Å². The van der Waals surface area contributed by atoms with E-state index in [9.17, 15) is 14.0 Å². The number of nitrogens with zero attached hydrogens (tertiary/aromatic N) is 2. The summed E-state index contributed by atoms with van der Waals surface area (Å²) in [5, 5.41) is 2.91. The molecule has 0 radical (unpaired) electrons. The number of fused-ring (bicyclic) bond motifs is 1. The summed E-state index contributed by atoms with van der Waals surface area (Å²) < 4.78 is 19.3. The molecule has 0 spiro atoms. The van der Waals surface area contributed by atoms with Crippen LogP contribution in [0.5, 0.6) is 0 Å². The van der Waals surface area contributed by atoms with Gasteiger partial charge in [-0.1, -0.05) is 37.3 Å². The number of likely N-dealkylation sites (tertiary alicyclic amines) is 1. The summed E-state index contributed by atoms with van der Waals surface area (Å²) in [5.74, 6) is 0.126. The lowest BCUT2D eigenvalue weighted by molar-refractivity contribution is -0.126. The Morgan fingerprint density at radius 3 is 2.58 bits per heavy atom. The number of benzene rings is 3. The highest BCUT2D eigenvalue weighted by Crippen LogP contribution is 2.28. The van der Waals surface area contributed by atoms with E-state index in [0.717, 1.165) is 24.0 Å². The third-order valence-corrected chi connectivity index (χ3v) is 6.96. The van der Waals surface area contributed by atoms with E-state index >= 15 is 0 Å². The van der Waals surface area contributed by atoms with Gasteiger partial charge in [-0.05, 0) is 66.8 Å². The first kappa shape index (κ1) is 23.7. The zero-order valence-electron chi connectivity index (χ0n) is 20.1. The van der Waals surface area contributed by atoms with Crippen molar-refractivity contribution in [1.82, 2.24) is 15.2 Å². The number of aromatic nitrogens is 1. The molecule has 0 aliphatic carbocycles. The van der Waals surface area contributed by atoms with Crippen molar-refractivity contribution in [2.24, 2.45) is 11.8 Å². The van der Waals surface area contributed by atoms with Crippen molar-refractivity contribution in [3.05, 3.63) is 89.7 Å². The van der Waals surface area contributed by atoms with E-state index < -0.39 is 0 Å². The molecule has 1 aliphatic heterocycles. The van der Waals surface area contributed by atoms with Crippen LogP contribution in [0.25, 0.3) is 22.6 Å². The Hall–Kier alpha value is -4.00. The summed E-state index contributed by atoms with van der Waals surface area (Å²) in [6.07, 6.45) is 1.51. The molecule has 1 aromatic heterocycles. The van der Waals surface area contributed by atoms with Crippen molar-refractivity contribution in [3.63, 3.8) is 0 Å². The standard InChI is InChI=1S/C29H28FN3O3/c1-19(27(34)31-18-20-6-5-9-24(30)16-20)21-12-14-33(15-13-21)29(35)23-10-11-25-26(17-23)36-28(32-25)22-7-3-2-4-8-22/h2-11,16-17,19,21H,12-15,18H2,1H3,(H,31,34)/t19-/m1/s1. The highest BCUT2D eigenvalue weighted by atomic mass is 19.1. The molecular weight excluding hydrogens is 457 g/mol. The number of amides is 2. The number of rotatable bonds is 6. The van der Waals surface area contributed by atoms with Gasteiger partial charge in [-0.2, -0.15) is 0 Å². The zero-order valence-corrected chi connectivity index (χ0v) is 20.1. The van der Waals surface area contributed by atoms with Gasteiger partial charge in [-0.3, -0.25) is 9.59 Å². The first-order chi connectivity index (χ1) is 17.5. The van der Waals surface area contributed by atoms with Gasteiger partial charge in [0.25, 0.3) is 5.91 Å². The van der Waals surface area contributed by atoms with Crippen LogP contribution >= 0.6 is 0 Å². The second kappa shape index (κ2) is 10.3. The van der Waals surface area contributed by atoms with Crippen LogP contribution in [0.1, 0.15) is 35.7 Å². The molecule has 0 saturated carbocycles. The summed E-state index contributed by atoms with van der Waals surface area (Å²) in [6, 6.07) is 21.3. The van der Waals surface area contributed by atoms with Gasteiger partial charge in [0, 0.05) is 36.7 Å². The van der Waals surface area contributed by atoms with Crippen molar-refractivity contribution in [1.29, 1.82) is 0 Å². The molecule has 4 aromatic rings. The number of nitrogens with one attached hydrogen (secondary N) is 1. The molecule has 5 rings (SSSR count). The van der Waals surface area contributed by atoms with Gasteiger partial charge >= 0.3 is 0 Å². The van der Waals surface area contributed by atoms with Crippen LogP contribution < -0.4 is 5.32 Å². The fourth-order valence-electron chi connectivity index (χ4n) is 4.76. The molecule has 2 amide bonds. The average molecular weight is 486 g/mol. The number of carbonyl (C=O) groups excluding carboxylic acids is 2. The number of halogens is 1. The molecule has 0 bridgehead atoms. The van der Waals surface area contributed by atoms with E-state index in [0.29, 0.717) is 42.2 Å². The molecule has 184 valence electrons. The fourth-order valence-corrected chi connectivity index (χ4v) is 4.76. The number of piperidine rings is 1. The van der Waals surface area contributed by atoms with Crippen molar-refractivity contribution >= 4 is 22.9 Å². The van der Waals surface area contributed by atoms with Crippen LogP contribution in [0.3, 0.4) is 0 Å². The van der Waals surface area contributed by atoms with Crippen LogP contribution in [-0.4, -0.2) is 34.8 Å². The SMILES string of the molecule is C[C@@H](C(=O)NCc1cccc(F)c1)C1CCN(C(=O)c2ccc3nc(-c4ccccc4)oc3c2)CC1. The highest BCUT2D eigenvalue weighted by Gasteiger charge is 2.30. The third kappa shape index (κ3) is 5.15. The lowest BCUT2D eigenvalue weighted by atomic mass is 9.84. The van der Waals surface area contributed by atoms with Crippen LogP contribution in [0.4, 0.5) is 4.39 Å². The predicted octanol–water partition coefficient (Wildman–Crippen LogP) is 5.44. The van der Waals surface area contributed by atoms with E-state index in [1.807, 2.05) is 48.2 Å². The zero-order chi connectivity index (χ0) is 25.1. The number of carbonyl (C=O) groups is 2. The van der Waals surface area contributed by atoms with Crippen molar-refractivity contribution in [3.8, 4) is 11.5 Å². The monoisotopic (exact) mass is 485 g/mol. The lowest BCUT2D eigenvalue weighted by Gasteiger charge is -2.34. The van der Waals surface area contributed by atoms with E-state index in [1.165, 1.54) is 12.1 Å². The second-order valence-electron chi connectivity index (χ2n) is 9.33. The van der Waals surface area contributed by atoms with Gasteiger partial charge in [-0.15, -0.1) is 0 Å². The van der Waals surface area contributed by atoms with Crippen LogP contribution in [-0.2, 0) is 11.3 Å². The van der Waals surface area contributed by atoms with E-state index in [4.69, 9.17) is 4.42 Å². The Kier molecular flexibility index (Phi) is 6.80. The Morgan fingerprint density at radius 1 is 1.06 bits per heavy atom. The Morgan fingerprint density at radius 2 is 1.83 bits per heavy atom. The van der Waals surface area contributed by atoms with Crippen LogP contribution in [0.15, 0.2) is 77.2 Å². The molecule has 7 heteroatoms. The molecule has 1 N–H and O–H groups in total. The minimum atomic E-state index is -0.314. The Bertz CT molecular complexity index is 1380. The first-order valence-electron chi connectivity index (χ1n) is 12.3. The van der Waals surface area contributed by atoms with Crippen LogP contribution in [0.2, 0.25) is 0 Å². The van der Waals surface area contributed by atoms with Gasteiger partial charge in [-0.25, -0.2) is 9.37 Å². The van der Waals surface area contributed by atoms with E-state index in [1.54, 1.807) is 24.3 Å². The number of hydrogen-bond acceptors (Lipinski definition) is 4. The van der Waals surface area contributed by atoms with Crippen molar-refractivity contribution in [2.75, 3.05) is 13.1 Å². The Balaban J connectivity index is 1.17. The predicted molar refractivity (Wildman–Crippen MR) is 135 cm³/mol.